The van der Waals surface area contributed by atoms with E-state index < -0.39 is 33.6 Å². The van der Waals surface area contributed by atoms with Gasteiger partial charge in [0.25, 0.3) is 0 Å². The Kier molecular flexibility index (Phi) is 6.28. The molecule has 0 saturated heterocycles. The summed E-state index contributed by atoms with van der Waals surface area (Å²) in [5.41, 5.74) is 4.52. The zero-order chi connectivity index (χ0) is 17.8. The molecular weight excluding hydrogens is 341 g/mol. The van der Waals surface area contributed by atoms with Crippen molar-refractivity contribution in [3.05, 3.63) is 35.4 Å². The minimum Gasteiger partial charge on any atom is -0.329 e. The van der Waals surface area contributed by atoms with E-state index in [0.717, 1.165) is 38.2 Å². The number of halogens is 3. The number of hydrogen-bond acceptors (Lipinski definition) is 3. The topological polar surface area (TPSA) is 72.2 Å². The summed E-state index contributed by atoms with van der Waals surface area (Å²) in [7, 11) is -3.91. The van der Waals surface area contributed by atoms with Gasteiger partial charge in [-0.05, 0) is 30.4 Å². The first kappa shape index (κ1) is 19.2. The van der Waals surface area contributed by atoms with Crippen molar-refractivity contribution in [3.63, 3.8) is 0 Å². The number of nitrogens with one attached hydrogen (secondary N) is 1. The Morgan fingerprint density at radius 2 is 1.79 bits per heavy atom. The zero-order valence-electron chi connectivity index (χ0n) is 13.3. The van der Waals surface area contributed by atoms with E-state index in [4.69, 9.17) is 5.73 Å². The first-order valence-electron chi connectivity index (χ1n) is 8.08. The SMILES string of the molecule is NCC(NS(=O)(=O)Cc1ccccc1C(F)(F)F)C1CCCCC1. The van der Waals surface area contributed by atoms with Crippen molar-refractivity contribution >= 4 is 10.0 Å². The van der Waals surface area contributed by atoms with Gasteiger partial charge >= 0.3 is 6.18 Å². The molecule has 3 N–H and O–H groups in total. The van der Waals surface area contributed by atoms with Gasteiger partial charge in [-0.25, -0.2) is 13.1 Å². The molecular formula is C16H23F3N2O2S. The first-order chi connectivity index (χ1) is 11.2. The average molecular weight is 364 g/mol. The molecule has 1 fully saturated rings. The minimum absolute atomic E-state index is 0.144. The molecule has 1 atom stereocenters. The van der Waals surface area contributed by atoms with E-state index in [1.54, 1.807) is 0 Å². The maximum absolute atomic E-state index is 13.0. The molecule has 0 bridgehead atoms. The molecule has 136 valence electrons. The molecule has 2 rings (SSSR count). The van der Waals surface area contributed by atoms with Gasteiger partial charge < -0.3 is 5.73 Å². The summed E-state index contributed by atoms with van der Waals surface area (Å²) in [4.78, 5) is 0. The minimum atomic E-state index is -4.58. The second-order valence-electron chi connectivity index (χ2n) is 6.27. The molecule has 0 aromatic heterocycles. The van der Waals surface area contributed by atoms with E-state index in [0.29, 0.717) is 0 Å². The third kappa shape index (κ3) is 5.19. The monoisotopic (exact) mass is 364 g/mol. The molecule has 0 radical (unpaired) electrons. The van der Waals surface area contributed by atoms with Crippen LogP contribution in [0.2, 0.25) is 0 Å². The Balaban J connectivity index is 2.13. The second-order valence-corrected chi connectivity index (χ2v) is 8.03. The van der Waals surface area contributed by atoms with Crippen LogP contribution in [0, 0.1) is 5.92 Å². The van der Waals surface area contributed by atoms with Crippen molar-refractivity contribution < 1.29 is 21.6 Å². The highest BCUT2D eigenvalue weighted by molar-refractivity contribution is 7.88. The predicted molar refractivity (Wildman–Crippen MR) is 86.6 cm³/mol. The number of alkyl halides is 3. The Hall–Kier alpha value is -1.12. The van der Waals surface area contributed by atoms with Crippen LogP contribution in [0.1, 0.15) is 43.2 Å². The first-order valence-corrected chi connectivity index (χ1v) is 9.73. The van der Waals surface area contributed by atoms with Crippen LogP contribution in [0.25, 0.3) is 0 Å². The summed E-state index contributed by atoms with van der Waals surface area (Å²) < 4.78 is 66.3. The number of sulfonamides is 1. The smallest absolute Gasteiger partial charge is 0.329 e. The van der Waals surface area contributed by atoms with E-state index >= 15 is 0 Å². The standard InChI is InChI=1S/C16H23F3N2O2S/c17-16(18,19)14-9-5-4-8-13(14)11-24(22,23)21-15(10-20)12-6-2-1-3-7-12/h4-5,8-9,12,15,21H,1-3,6-7,10-11,20H2. The molecule has 1 aromatic rings. The number of benzene rings is 1. The fourth-order valence-electron chi connectivity index (χ4n) is 3.27. The molecule has 1 unspecified atom stereocenters. The van der Waals surface area contributed by atoms with Crippen molar-refractivity contribution in [2.75, 3.05) is 6.54 Å². The van der Waals surface area contributed by atoms with Crippen LogP contribution in [-0.4, -0.2) is 21.0 Å². The third-order valence-electron chi connectivity index (χ3n) is 4.47. The van der Waals surface area contributed by atoms with Crippen LogP contribution in [-0.2, 0) is 22.0 Å². The van der Waals surface area contributed by atoms with E-state index in [1.165, 1.54) is 18.2 Å². The van der Waals surface area contributed by atoms with Gasteiger partial charge in [-0.2, -0.15) is 13.2 Å². The highest BCUT2D eigenvalue weighted by atomic mass is 32.2. The van der Waals surface area contributed by atoms with E-state index in [9.17, 15) is 21.6 Å². The van der Waals surface area contributed by atoms with Gasteiger partial charge in [0.15, 0.2) is 0 Å². The maximum atomic E-state index is 13.0. The fourth-order valence-corrected chi connectivity index (χ4v) is 4.77. The Morgan fingerprint density at radius 1 is 1.17 bits per heavy atom. The molecule has 24 heavy (non-hydrogen) atoms. The van der Waals surface area contributed by atoms with E-state index in [2.05, 4.69) is 4.72 Å². The zero-order valence-corrected chi connectivity index (χ0v) is 14.2. The lowest BCUT2D eigenvalue weighted by Crippen LogP contribution is -2.46. The quantitative estimate of drug-likeness (QED) is 0.815. The van der Waals surface area contributed by atoms with Crippen LogP contribution in [0.4, 0.5) is 13.2 Å². The molecule has 4 nitrogen and oxygen atoms in total. The fraction of sp³-hybridized carbons (Fsp3) is 0.625. The summed E-state index contributed by atoms with van der Waals surface area (Å²) in [6.45, 7) is 0.144. The third-order valence-corrected chi connectivity index (χ3v) is 5.82. The number of nitrogens with two attached hydrogens (primary N) is 1. The summed E-state index contributed by atoms with van der Waals surface area (Å²) in [5.74, 6) is -0.553. The molecule has 0 heterocycles. The van der Waals surface area contributed by atoms with Crippen LogP contribution < -0.4 is 10.5 Å². The lowest BCUT2D eigenvalue weighted by Gasteiger charge is -2.30. The van der Waals surface area contributed by atoms with Gasteiger partial charge in [-0.3, -0.25) is 0 Å². The second kappa shape index (κ2) is 7.84. The van der Waals surface area contributed by atoms with Gasteiger partial charge in [0.05, 0.1) is 11.3 Å². The van der Waals surface area contributed by atoms with Crippen molar-refractivity contribution in [1.29, 1.82) is 0 Å². The predicted octanol–water partition coefficient (Wildman–Crippen LogP) is 3.03. The maximum Gasteiger partial charge on any atom is 0.416 e. The van der Waals surface area contributed by atoms with Crippen molar-refractivity contribution in [2.45, 2.75) is 50.1 Å². The highest BCUT2D eigenvalue weighted by Gasteiger charge is 2.34. The lowest BCUT2D eigenvalue weighted by molar-refractivity contribution is -0.138. The Morgan fingerprint density at radius 3 is 2.38 bits per heavy atom. The molecule has 0 amide bonds. The largest absolute Gasteiger partial charge is 0.416 e. The van der Waals surface area contributed by atoms with Crippen LogP contribution >= 0.6 is 0 Å². The van der Waals surface area contributed by atoms with E-state index in [-0.39, 0.29) is 18.0 Å². The van der Waals surface area contributed by atoms with Crippen LogP contribution in [0.15, 0.2) is 24.3 Å². The lowest BCUT2D eigenvalue weighted by atomic mass is 9.84. The van der Waals surface area contributed by atoms with Gasteiger partial charge in [0, 0.05) is 12.6 Å². The molecule has 1 aliphatic carbocycles. The van der Waals surface area contributed by atoms with Crippen molar-refractivity contribution in [2.24, 2.45) is 11.7 Å². The summed E-state index contributed by atoms with van der Waals surface area (Å²) >= 11 is 0. The normalized spacial score (nSPS) is 18.5. The average Bonchev–Trinajstić information content (AvgIpc) is 2.52. The number of rotatable bonds is 6. The summed E-state index contributed by atoms with van der Waals surface area (Å²) in [6, 6.07) is 4.32. The van der Waals surface area contributed by atoms with E-state index in [1.807, 2.05) is 0 Å². The van der Waals surface area contributed by atoms with Crippen molar-refractivity contribution in [3.8, 4) is 0 Å². The molecule has 8 heteroatoms. The van der Waals surface area contributed by atoms with Gasteiger partial charge in [-0.15, -0.1) is 0 Å². The Labute approximate surface area is 140 Å². The molecule has 0 spiro atoms. The van der Waals surface area contributed by atoms with Crippen molar-refractivity contribution in [1.82, 2.24) is 4.72 Å². The van der Waals surface area contributed by atoms with Crippen LogP contribution in [0.5, 0.6) is 0 Å². The Bertz CT molecular complexity index is 641. The summed E-state index contributed by atoms with van der Waals surface area (Å²) in [6.07, 6.45) is 0.384. The highest BCUT2D eigenvalue weighted by Crippen LogP contribution is 2.33. The number of hydrogen-bond donors (Lipinski definition) is 2. The summed E-state index contributed by atoms with van der Waals surface area (Å²) in [5, 5.41) is 0. The molecule has 1 aliphatic rings. The van der Waals surface area contributed by atoms with Crippen LogP contribution in [0.3, 0.4) is 0 Å². The van der Waals surface area contributed by atoms with Gasteiger partial charge in [-0.1, -0.05) is 37.5 Å². The molecule has 1 aromatic carbocycles. The molecule has 0 aliphatic heterocycles. The van der Waals surface area contributed by atoms with Gasteiger partial charge in [0.2, 0.25) is 10.0 Å². The van der Waals surface area contributed by atoms with Gasteiger partial charge in [0.1, 0.15) is 0 Å². The molecule has 1 saturated carbocycles.